The number of rotatable bonds is 3. The lowest BCUT2D eigenvalue weighted by Crippen LogP contribution is -2.33. The molecule has 1 fully saturated rings. The third kappa shape index (κ3) is 2.82. The van der Waals surface area contributed by atoms with E-state index in [1.807, 2.05) is 0 Å². The van der Waals surface area contributed by atoms with Gasteiger partial charge in [0.1, 0.15) is 11.6 Å². The van der Waals surface area contributed by atoms with E-state index < -0.39 is 0 Å². The SMILES string of the molecule is CC1(CNc2cnc(N)cn2)CCOCC1. The van der Waals surface area contributed by atoms with Crippen LogP contribution in [0.3, 0.4) is 0 Å². The minimum Gasteiger partial charge on any atom is -0.382 e. The van der Waals surface area contributed by atoms with Crippen molar-refractivity contribution in [2.45, 2.75) is 19.8 Å². The maximum absolute atomic E-state index is 5.47. The minimum absolute atomic E-state index is 0.293. The van der Waals surface area contributed by atoms with E-state index in [0.717, 1.165) is 38.4 Å². The van der Waals surface area contributed by atoms with Crippen LogP contribution in [-0.2, 0) is 4.74 Å². The molecular formula is C11H18N4O. The Kier molecular flexibility index (Phi) is 3.24. The fourth-order valence-electron chi connectivity index (χ4n) is 1.77. The average Bonchev–Trinajstić information content (AvgIpc) is 2.29. The van der Waals surface area contributed by atoms with Gasteiger partial charge in [-0.1, -0.05) is 6.92 Å². The Balaban J connectivity index is 1.88. The number of nitrogens with two attached hydrogens (primary N) is 1. The van der Waals surface area contributed by atoms with Crippen molar-refractivity contribution >= 4 is 11.6 Å². The van der Waals surface area contributed by atoms with Crippen molar-refractivity contribution in [3.05, 3.63) is 12.4 Å². The summed E-state index contributed by atoms with van der Waals surface area (Å²) in [6, 6.07) is 0. The van der Waals surface area contributed by atoms with E-state index >= 15 is 0 Å². The normalized spacial score (nSPS) is 19.3. The molecule has 0 amide bonds. The fourth-order valence-corrected chi connectivity index (χ4v) is 1.77. The van der Waals surface area contributed by atoms with Crippen LogP contribution in [0.5, 0.6) is 0 Å². The molecule has 0 radical (unpaired) electrons. The molecule has 0 saturated carbocycles. The van der Waals surface area contributed by atoms with Gasteiger partial charge in [0, 0.05) is 19.8 Å². The highest BCUT2D eigenvalue weighted by molar-refractivity contribution is 5.36. The highest BCUT2D eigenvalue weighted by Crippen LogP contribution is 2.29. The lowest BCUT2D eigenvalue weighted by molar-refractivity contribution is 0.0300. The third-order valence-corrected chi connectivity index (χ3v) is 3.07. The molecule has 0 unspecified atom stereocenters. The van der Waals surface area contributed by atoms with Gasteiger partial charge in [-0.3, -0.25) is 0 Å². The zero-order chi connectivity index (χ0) is 11.4. The molecule has 88 valence electrons. The van der Waals surface area contributed by atoms with E-state index in [9.17, 15) is 0 Å². The van der Waals surface area contributed by atoms with E-state index in [4.69, 9.17) is 10.5 Å². The molecule has 1 aliphatic rings. The first-order chi connectivity index (χ1) is 7.68. The zero-order valence-corrected chi connectivity index (χ0v) is 9.57. The maximum atomic E-state index is 5.47. The van der Waals surface area contributed by atoms with E-state index in [1.165, 1.54) is 0 Å². The highest BCUT2D eigenvalue weighted by Gasteiger charge is 2.27. The van der Waals surface area contributed by atoms with E-state index in [-0.39, 0.29) is 0 Å². The Hall–Kier alpha value is -1.36. The smallest absolute Gasteiger partial charge is 0.144 e. The van der Waals surface area contributed by atoms with Crippen molar-refractivity contribution in [3.63, 3.8) is 0 Å². The molecule has 5 heteroatoms. The highest BCUT2D eigenvalue weighted by atomic mass is 16.5. The Labute approximate surface area is 95.4 Å². The van der Waals surface area contributed by atoms with Crippen molar-refractivity contribution in [2.24, 2.45) is 5.41 Å². The van der Waals surface area contributed by atoms with Gasteiger partial charge in [-0.25, -0.2) is 9.97 Å². The number of hydrogen-bond acceptors (Lipinski definition) is 5. The van der Waals surface area contributed by atoms with Crippen molar-refractivity contribution in [2.75, 3.05) is 30.8 Å². The topological polar surface area (TPSA) is 73.1 Å². The Morgan fingerprint density at radius 1 is 1.38 bits per heavy atom. The largest absolute Gasteiger partial charge is 0.382 e. The first kappa shape index (κ1) is 11.1. The Bertz CT molecular complexity index is 332. The second-order valence-corrected chi connectivity index (χ2v) is 4.60. The Morgan fingerprint density at radius 3 is 2.75 bits per heavy atom. The van der Waals surface area contributed by atoms with Gasteiger partial charge >= 0.3 is 0 Å². The molecular weight excluding hydrogens is 204 g/mol. The van der Waals surface area contributed by atoms with Gasteiger partial charge in [-0.15, -0.1) is 0 Å². The molecule has 2 heterocycles. The molecule has 0 atom stereocenters. The summed E-state index contributed by atoms with van der Waals surface area (Å²) in [6.07, 6.45) is 5.40. The summed E-state index contributed by atoms with van der Waals surface area (Å²) in [6.45, 7) is 4.87. The maximum Gasteiger partial charge on any atom is 0.144 e. The first-order valence-electron chi connectivity index (χ1n) is 5.57. The summed E-state index contributed by atoms with van der Waals surface area (Å²) in [5.74, 6) is 1.23. The van der Waals surface area contributed by atoms with Crippen LogP contribution < -0.4 is 11.1 Å². The van der Waals surface area contributed by atoms with Gasteiger partial charge in [0.15, 0.2) is 0 Å². The monoisotopic (exact) mass is 222 g/mol. The van der Waals surface area contributed by atoms with Crippen LogP contribution in [-0.4, -0.2) is 29.7 Å². The first-order valence-corrected chi connectivity index (χ1v) is 5.57. The van der Waals surface area contributed by atoms with Crippen LogP contribution >= 0.6 is 0 Å². The number of nitrogens with zero attached hydrogens (tertiary/aromatic N) is 2. The van der Waals surface area contributed by atoms with Gasteiger partial charge in [0.25, 0.3) is 0 Å². The van der Waals surface area contributed by atoms with Gasteiger partial charge in [-0.2, -0.15) is 0 Å². The molecule has 1 aromatic heterocycles. The fraction of sp³-hybridized carbons (Fsp3) is 0.636. The molecule has 1 aromatic rings. The van der Waals surface area contributed by atoms with Gasteiger partial charge in [0.05, 0.1) is 12.4 Å². The number of hydrogen-bond donors (Lipinski definition) is 2. The quantitative estimate of drug-likeness (QED) is 0.806. The molecule has 0 spiro atoms. The van der Waals surface area contributed by atoms with Crippen LogP contribution in [0.25, 0.3) is 0 Å². The lowest BCUT2D eigenvalue weighted by Gasteiger charge is -2.33. The average molecular weight is 222 g/mol. The summed E-state index contributed by atoms with van der Waals surface area (Å²) in [7, 11) is 0. The van der Waals surface area contributed by atoms with Crippen LogP contribution in [0.15, 0.2) is 12.4 Å². The number of nitrogen functional groups attached to an aromatic ring is 1. The predicted octanol–water partition coefficient (Wildman–Crippen LogP) is 1.29. The molecule has 3 N–H and O–H groups in total. The number of anilines is 2. The van der Waals surface area contributed by atoms with E-state index in [0.29, 0.717) is 11.2 Å². The van der Waals surface area contributed by atoms with Crippen LogP contribution in [0, 0.1) is 5.41 Å². The van der Waals surface area contributed by atoms with Crippen molar-refractivity contribution < 1.29 is 4.74 Å². The number of aromatic nitrogens is 2. The van der Waals surface area contributed by atoms with Gasteiger partial charge in [0.2, 0.25) is 0 Å². The second-order valence-electron chi connectivity index (χ2n) is 4.60. The third-order valence-electron chi connectivity index (χ3n) is 3.07. The molecule has 0 aliphatic carbocycles. The summed E-state index contributed by atoms with van der Waals surface area (Å²) in [5.41, 5.74) is 5.77. The summed E-state index contributed by atoms with van der Waals surface area (Å²) >= 11 is 0. The molecule has 0 bridgehead atoms. The number of nitrogens with one attached hydrogen (secondary N) is 1. The summed E-state index contributed by atoms with van der Waals surface area (Å²) in [5, 5.41) is 3.30. The van der Waals surface area contributed by atoms with Crippen LogP contribution in [0.1, 0.15) is 19.8 Å². The predicted molar refractivity (Wildman–Crippen MR) is 63.1 cm³/mol. The minimum atomic E-state index is 0.293. The van der Waals surface area contributed by atoms with Crippen LogP contribution in [0.2, 0.25) is 0 Å². The second kappa shape index (κ2) is 4.65. The molecule has 1 saturated heterocycles. The van der Waals surface area contributed by atoms with Gasteiger partial charge in [-0.05, 0) is 18.3 Å². The van der Waals surface area contributed by atoms with E-state index in [2.05, 4.69) is 22.2 Å². The molecule has 1 aliphatic heterocycles. The molecule has 5 nitrogen and oxygen atoms in total. The van der Waals surface area contributed by atoms with Crippen LogP contribution in [0.4, 0.5) is 11.6 Å². The van der Waals surface area contributed by atoms with Crippen molar-refractivity contribution in [1.82, 2.24) is 9.97 Å². The number of ether oxygens (including phenoxy) is 1. The van der Waals surface area contributed by atoms with Gasteiger partial charge < -0.3 is 15.8 Å². The standard InChI is InChI=1S/C11H18N4O/c1-11(2-4-16-5-3-11)8-15-10-7-13-9(12)6-14-10/h6-7H,2-5,8H2,1H3,(H2,12,13)(H,14,15). The molecule has 0 aromatic carbocycles. The van der Waals surface area contributed by atoms with Crippen molar-refractivity contribution in [1.29, 1.82) is 0 Å². The molecule has 16 heavy (non-hydrogen) atoms. The Morgan fingerprint density at radius 2 is 2.12 bits per heavy atom. The van der Waals surface area contributed by atoms with Crippen molar-refractivity contribution in [3.8, 4) is 0 Å². The summed E-state index contributed by atoms with van der Waals surface area (Å²) < 4.78 is 5.36. The summed E-state index contributed by atoms with van der Waals surface area (Å²) in [4.78, 5) is 8.16. The molecule has 2 rings (SSSR count). The zero-order valence-electron chi connectivity index (χ0n) is 9.57. The lowest BCUT2D eigenvalue weighted by atomic mass is 9.82. The van der Waals surface area contributed by atoms with E-state index in [1.54, 1.807) is 12.4 Å².